The zero-order chi connectivity index (χ0) is 17.1. The Kier molecular flexibility index (Phi) is 4.24. The molecule has 0 saturated carbocycles. The molecule has 2 amide bonds. The molecule has 0 aliphatic rings. The first-order valence-electron chi connectivity index (χ1n) is 7.27. The fourth-order valence-corrected chi connectivity index (χ4v) is 2.35. The van der Waals surface area contributed by atoms with Gasteiger partial charge in [-0.25, -0.2) is 9.18 Å². The van der Waals surface area contributed by atoms with E-state index in [1.165, 1.54) is 16.8 Å². The number of primary amides is 1. The summed E-state index contributed by atoms with van der Waals surface area (Å²) in [5, 5.41) is 7.64. The van der Waals surface area contributed by atoms with E-state index in [4.69, 9.17) is 5.73 Å². The lowest BCUT2D eigenvalue weighted by Gasteiger charge is -2.04. The largest absolute Gasteiger partial charge is 0.370 e. The number of amides is 2. The van der Waals surface area contributed by atoms with Crippen molar-refractivity contribution in [3.8, 4) is 11.3 Å². The minimum atomic E-state index is -0.498. The molecule has 3 rings (SSSR count). The van der Waals surface area contributed by atoms with Crippen LogP contribution < -0.4 is 11.1 Å². The lowest BCUT2D eigenvalue weighted by atomic mass is 10.1. The van der Waals surface area contributed by atoms with Gasteiger partial charge in [0.25, 0.3) is 0 Å². The maximum Gasteiger partial charge on any atom is 0.342 e. The first kappa shape index (κ1) is 15.7. The zero-order valence-corrected chi connectivity index (χ0v) is 12.6. The number of aromatic nitrogens is 2. The predicted molar refractivity (Wildman–Crippen MR) is 86.6 cm³/mol. The van der Waals surface area contributed by atoms with Gasteiger partial charge in [0.15, 0.2) is 0 Å². The second-order valence-corrected chi connectivity index (χ2v) is 5.16. The standard InChI is InChI=1S/C17H14FN4O2/c18-12-7-5-11(6-8-12)16-13-3-1-2-4-14(13)22(21-16)17(24)20-10-9-15(19)23/h2-8H,9-10H2,(H2,19,23)(H,20,24). The third-order valence-electron chi connectivity index (χ3n) is 3.48. The van der Waals surface area contributed by atoms with Crippen LogP contribution in [0.3, 0.4) is 0 Å². The van der Waals surface area contributed by atoms with Crippen LogP contribution in [-0.2, 0) is 4.79 Å². The molecule has 6 nitrogen and oxygen atoms in total. The summed E-state index contributed by atoms with van der Waals surface area (Å²) in [4.78, 5) is 23.1. The minimum Gasteiger partial charge on any atom is -0.370 e. The van der Waals surface area contributed by atoms with Crippen molar-refractivity contribution in [1.82, 2.24) is 15.1 Å². The molecule has 1 radical (unpaired) electrons. The van der Waals surface area contributed by atoms with Gasteiger partial charge in [-0.3, -0.25) is 4.79 Å². The summed E-state index contributed by atoms with van der Waals surface area (Å²) >= 11 is 0. The molecule has 2 aromatic carbocycles. The van der Waals surface area contributed by atoms with E-state index in [-0.39, 0.29) is 18.8 Å². The van der Waals surface area contributed by atoms with Crippen molar-refractivity contribution >= 4 is 22.8 Å². The first-order chi connectivity index (χ1) is 11.6. The molecule has 0 spiro atoms. The Hall–Kier alpha value is -3.22. The minimum absolute atomic E-state index is 0.0452. The van der Waals surface area contributed by atoms with Gasteiger partial charge >= 0.3 is 6.03 Å². The maximum atomic E-state index is 13.1. The highest BCUT2D eigenvalue weighted by Gasteiger charge is 2.16. The van der Waals surface area contributed by atoms with Crippen LogP contribution in [0, 0.1) is 11.9 Å². The molecule has 0 fully saturated rings. The maximum absolute atomic E-state index is 13.1. The number of carbonyl (C=O) groups excluding carboxylic acids is 2. The van der Waals surface area contributed by atoms with Crippen molar-refractivity contribution in [2.24, 2.45) is 5.73 Å². The third kappa shape index (κ3) is 3.10. The number of hydrogen-bond acceptors (Lipinski definition) is 3. The molecule has 3 N–H and O–H groups in total. The lowest BCUT2D eigenvalue weighted by Crippen LogP contribution is -2.32. The Balaban J connectivity index is 1.99. The smallest absolute Gasteiger partial charge is 0.342 e. The van der Waals surface area contributed by atoms with Gasteiger partial charge in [-0.1, -0.05) is 6.07 Å². The summed E-state index contributed by atoms with van der Waals surface area (Å²) in [6, 6.07) is 13.4. The quantitative estimate of drug-likeness (QED) is 0.769. The van der Waals surface area contributed by atoms with Gasteiger partial charge in [0.05, 0.1) is 5.52 Å². The van der Waals surface area contributed by atoms with Crippen molar-refractivity contribution in [2.45, 2.75) is 6.42 Å². The van der Waals surface area contributed by atoms with Crippen LogP contribution in [-0.4, -0.2) is 28.3 Å². The van der Waals surface area contributed by atoms with Gasteiger partial charge < -0.3 is 11.1 Å². The molecule has 1 heterocycles. The van der Waals surface area contributed by atoms with E-state index >= 15 is 0 Å². The number of nitrogens with one attached hydrogen (secondary N) is 1. The van der Waals surface area contributed by atoms with Gasteiger partial charge in [-0.2, -0.15) is 9.78 Å². The van der Waals surface area contributed by atoms with Crippen molar-refractivity contribution < 1.29 is 14.0 Å². The Labute approximate surface area is 137 Å². The van der Waals surface area contributed by atoms with Crippen LogP contribution >= 0.6 is 0 Å². The van der Waals surface area contributed by atoms with Crippen molar-refractivity contribution in [3.05, 3.63) is 54.3 Å². The van der Waals surface area contributed by atoms with Gasteiger partial charge in [0.2, 0.25) is 5.91 Å². The van der Waals surface area contributed by atoms with Crippen molar-refractivity contribution in [3.63, 3.8) is 0 Å². The number of halogens is 1. The lowest BCUT2D eigenvalue weighted by molar-refractivity contribution is -0.117. The Bertz CT molecular complexity index is 903. The molecule has 24 heavy (non-hydrogen) atoms. The first-order valence-corrected chi connectivity index (χ1v) is 7.27. The second-order valence-electron chi connectivity index (χ2n) is 5.16. The number of benzene rings is 2. The van der Waals surface area contributed by atoms with E-state index in [1.54, 1.807) is 30.3 Å². The topological polar surface area (TPSA) is 90.0 Å². The molecule has 0 bridgehead atoms. The second kappa shape index (κ2) is 6.49. The van der Waals surface area contributed by atoms with E-state index in [9.17, 15) is 14.0 Å². The van der Waals surface area contributed by atoms with Crippen LogP contribution in [0.1, 0.15) is 6.42 Å². The summed E-state index contributed by atoms with van der Waals surface area (Å²) in [7, 11) is 0. The number of hydrogen-bond donors (Lipinski definition) is 2. The van der Waals surface area contributed by atoms with Gasteiger partial charge in [0, 0.05) is 23.9 Å². The number of rotatable bonds is 4. The molecule has 0 atom stereocenters. The van der Waals surface area contributed by atoms with Crippen LogP contribution in [0.15, 0.2) is 42.5 Å². The highest BCUT2D eigenvalue weighted by Crippen LogP contribution is 2.27. The summed E-state index contributed by atoms with van der Waals surface area (Å²) in [5.41, 5.74) is 6.87. The highest BCUT2D eigenvalue weighted by atomic mass is 19.1. The Morgan fingerprint density at radius 3 is 2.71 bits per heavy atom. The number of nitrogens with two attached hydrogens (primary N) is 1. The normalized spacial score (nSPS) is 10.7. The molecular formula is C17H14FN4O2. The Morgan fingerprint density at radius 1 is 1.25 bits per heavy atom. The molecule has 7 heteroatoms. The summed E-state index contributed by atoms with van der Waals surface area (Å²) in [6.07, 6.45) is 0.0452. The predicted octanol–water partition coefficient (Wildman–Crippen LogP) is 2.08. The fraction of sp³-hybridized carbons (Fsp3) is 0.118. The molecule has 0 saturated heterocycles. The van der Waals surface area contributed by atoms with E-state index in [0.29, 0.717) is 22.2 Å². The molecule has 3 aromatic rings. The molecule has 0 aliphatic carbocycles. The molecule has 0 unspecified atom stereocenters. The average molecular weight is 325 g/mol. The fourth-order valence-electron chi connectivity index (χ4n) is 2.35. The number of nitrogens with zero attached hydrogens (tertiary/aromatic N) is 2. The SMILES string of the molecule is NC(=O)CCNC(=O)n1nc(-c2ccc(F)cc2)c2c[c]ccc21. The monoisotopic (exact) mass is 325 g/mol. The molecular weight excluding hydrogens is 311 g/mol. The van der Waals surface area contributed by atoms with Crippen molar-refractivity contribution in [2.75, 3.05) is 6.54 Å². The van der Waals surface area contributed by atoms with E-state index in [1.807, 2.05) is 0 Å². The zero-order valence-electron chi connectivity index (χ0n) is 12.6. The third-order valence-corrected chi connectivity index (χ3v) is 3.48. The summed E-state index contributed by atoms with van der Waals surface area (Å²) in [5.74, 6) is -0.847. The van der Waals surface area contributed by atoms with Crippen LogP contribution in [0.2, 0.25) is 0 Å². The van der Waals surface area contributed by atoms with Crippen LogP contribution in [0.25, 0.3) is 22.2 Å². The van der Waals surface area contributed by atoms with Crippen LogP contribution in [0.5, 0.6) is 0 Å². The van der Waals surface area contributed by atoms with E-state index in [2.05, 4.69) is 16.5 Å². The molecule has 1 aromatic heterocycles. The van der Waals surface area contributed by atoms with Crippen LogP contribution in [0.4, 0.5) is 9.18 Å². The number of carbonyl (C=O) groups is 2. The Morgan fingerprint density at radius 2 is 2.00 bits per heavy atom. The van der Waals surface area contributed by atoms with E-state index in [0.717, 1.165) is 0 Å². The van der Waals surface area contributed by atoms with Gasteiger partial charge in [0.1, 0.15) is 11.5 Å². The summed E-state index contributed by atoms with van der Waals surface area (Å²) in [6.45, 7) is 0.125. The molecule has 121 valence electrons. The van der Waals surface area contributed by atoms with Crippen molar-refractivity contribution in [1.29, 1.82) is 0 Å². The molecule has 0 aliphatic heterocycles. The van der Waals surface area contributed by atoms with E-state index < -0.39 is 11.9 Å². The number of fused-ring (bicyclic) bond motifs is 1. The highest BCUT2D eigenvalue weighted by molar-refractivity contribution is 5.98. The average Bonchev–Trinajstić information content (AvgIpc) is 2.95. The summed E-state index contributed by atoms with van der Waals surface area (Å²) < 4.78 is 14.3. The van der Waals surface area contributed by atoms with Gasteiger partial charge in [-0.15, -0.1) is 0 Å². The van der Waals surface area contributed by atoms with Gasteiger partial charge in [-0.05, 0) is 42.5 Å².